The molecule has 3 N–H and O–H groups in total. The summed E-state index contributed by atoms with van der Waals surface area (Å²) in [5.41, 5.74) is 5.44. The van der Waals surface area contributed by atoms with Gasteiger partial charge in [-0.1, -0.05) is 15.9 Å². The molecular weight excluding hydrogens is 324 g/mol. The van der Waals surface area contributed by atoms with Gasteiger partial charge in [-0.15, -0.1) is 0 Å². The number of anilines is 1. The Balaban J connectivity index is 2.76. The summed E-state index contributed by atoms with van der Waals surface area (Å²) in [5.74, 6) is 0.590. The number of carbonyl (C=O) groups is 1. The smallest absolute Gasteiger partial charge is 0.412 e. The maximum Gasteiger partial charge on any atom is 0.412 e. The molecule has 0 saturated heterocycles. The summed E-state index contributed by atoms with van der Waals surface area (Å²) in [4.78, 5) is 11.8. The lowest BCUT2D eigenvalue weighted by Gasteiger charge is -2.20. The summed E-state index contributed by atoms with van der Waals surface area (Å²) < 4.78 is 11.7. The highest BCUT2D eigenvalue weighted by atomic mass is 79.9. The Bertz CT molecular complexity index is 458. The van der Waals surface area contributed by atoms with Gasteiger partial charge in [0, 0.05) is 4.47 Å². The molecule has 0 aromatic heterocycles. The molecule has 1 aromatic carbocycles. The van der Waals surface area contributed by atoms with Crippen LogP contribution in [0.25, 0.3) is 0 Å². The zero-order valence-electron chi connectivity index (χ0n) is 12.0. The lowest BCUT2D eigenvalue weighted by molar-refractivity contribution is 0.0635. The minimum absolute atomic E-state index is 0.501. The summed E-state index contributed by atoms with van der Waals surface area (Å²) in [6.45, 7) is 6.50. The first kappa shape index (κ1) is 16.8. The molecule has 0 heterocycles. The van der Waals surface area contributed by atoms with E-state index < -0.39 is 11.7 Å². The molecule has 0 fully saturated rings. The average molecular weight is 345 g/mol. The Hall–Kier alpha value is -1.27. The zero-order chi connectivity index (χ0) is 15.2. The number of nitrogens with one attached hydrogen (secondary N) is 1. The lowest BCUT2D eigenvalue weighted by Crippen LogP contribution is -2.27. The van der Waals surface area contributed by atoms with Crippen molar-refractivity contribution in [2.24, 2.45) is 5.73 Å². The molecule has 0 spiro atoms. The molecule has 0 aliphatic heterocycles. The summed E-state index contributed by atoms with van der Waals surface area (Å²) in [6, 6.07) is 5.40. The Labute approximate surface area is 127 Å². The van der Waals surface area contributed by atoms with Gasteiger partial charge in [-0.2, -0.15) is 0 Å². The summed E-state index contributed by atoms with van der Waals surface area (Å²) in [5, 5.41) is 2.69. The third-order valence-electron chi connectivity index (χ3n) is 2.18. The van der Waals surface area contributed by atoms with Crippen molar-refractivity contribution in [1.82, 2.24) is 0 Å². The highest BCUT2D eigenvalue weighted by Gasteiger charge is 2.17. The second-order valence-electron chi connectivity index (χ2n) is 5.26. The van der Waals surface area contributed by atoms with E-state index in [4.69, 9.17) is 15.2 Å². The Morgan fingerprint density at radius 2 is 2.10 bits per heavy atom. The second kappa shape index (κ2) is 7.50. The number of carbonyl (C=O) groups excluding carboxylic acids is 1. The van der Waals surface area contributed by atoms with Crippen LogP contribution in [0, 0.1) is 0 Å². The van der Waals surface area contributed by atoms with E-state index in [1.54, 1.807) is 12.1 Å². The van der Waals surface area contributed by atoms with Crippen molar-refractivity contribution in [2.45, 2.75) is 32.8 Å². The van der Waals surface area contributed by atoms with E-state index in [-0.39, 0.29) is 0 Å². The first-order chi connectivity index (χ1) is 9.31. The van der Waals surface area contributed by atoms with Crippen LogP contribution in [0.1, 0.15) is 27.2 Å². The van der Waals surface area contributed by atoms with Gasteiger partial charge >= 0.3 is 6.09 Å². The Kier molecular flexibility index (Phi) is 6.29. The number of halogens is 1. The van der Waals surface area contributed by atoms with Gasteiger partial charge in [-0.3, -0.25) is 5.32 Å². The SMILES string of the molecule is CC(C)(C)OC(=O)Nc1cc(Br)ccc1OCCCN. The monoisotopic (exact) mass is 344 g/mol. The molecule has 0 saturated carbocycles. The van der Waals surface area contributed by atoms with Gasteiger partial charge in [0.15, 0.2) is 0 Å². The second-order valence-corrected chi connectivity index (χ2v) is 6.17. The molecule has 0 unspecified atom stereocenters. The third kappa shape index (κ3) is 6.25. The largest absolute Gasteiger partial charge is 0.491 e. The minimum atomic E-state index is -0.545. The maximum absolute atomic E-state index is 11.8. The van der Waals surface area contributed by atoms with E-state index in [9.17, 15) is 4.79 Å². The van der Waals surface area contributed by atoms with Crippen molar-refractivity contribution in [3.63, 3.8) is 0 Å². The number of nitrogens with two attached hydrogens (primary N) is 1. The van der Waals surface area contributed by atoms with Crippen LogP contribution in [0.15, 0.2) is 22.7 Å². The quantitative estimate of drug-likeness (QED) is 0.801. The van der Waals surface area contributed by atoms with Gasteiger partial charge in [0.1, 0.15) is 11.4 Å². The van der Waals surface area contributed by atoms with Crippen molar-refractivity contribution in [1.29, 1.82) is 0 Å². The van der Waals surface area contributed by atoms with E-state index in [2.05, 4.69) is 21.2 Å². The highest BCUT2D eigenvalue weighted by molar-refractivity contribution is 9.10. The van der Waals surface area contributed by atoms with Gasteiger partial charge in [-0.25, -0.2) is 4.79 Å². The molecule has 1 amide bonds. The molecule has 0 aliphatic rings. The fourth-order valence-corrected chi connectivity index (χ4v) is 1.77. The van der Waals surface area contributed by atoms with Crippen LogP contribution in [-0.4, -0.2) is 24.8 Å². The Morgan fingerprint density at radius 3 is 2.70 bits per heavy atom. The van der Waals surface area contributed by atoms with Gasteiger partial charge in [0.2, 0.25) is 0 Å². The normalized spacial score (nSPS) is 11.1. The Morgan fingerprint density at radius 1 is 1.40 bits per heavy atom. The van der Waals surface area contributed by atoms with Crippen molar-refractivity contribution < 1.29 is 14.3 Å². The number of amides is 1. The molecule has 20 heavy (non-hydrogen) atoms. The van der Waals surface area contributed by atoms with E-state index in [1.165, 1.54) is 0 Å². The summed E-state index contributed by atoms with van der Waals surface area (Å²) >= 11 is 3.36. The minimum Gasteiger partial charge on any atom is -0.491 e. The van der Waals surface area contributed by atoms with E-state index >= 15 is 0 Å². The summed E-state index contributed by atoms with van der Waals surface area (Å²) in [6.07, 6.45) is 0.237. The first-order valence-electron chi connectivity index (χ1n) is 6.44. The zero-order valence-corrected chi connectivity index (χ0v) is 13.6. The van der Waals surface area contributed by atoms with Gasteiger partial charge in [-0.05, 0) is 51.9 Å². The molecular formula is C14H21BrN2O3. The maximum atomic E-state index is 11.8. The van der Waals surface area contributed by atoms with E-state index in [0.717, 1.165) is 10.9 Å². The molecule has 0 atom stereocenters. The van der Waals surface area contributed by atoms with Gasteiger partial charge < -0.3 is 15.2 Å². The number of rotatable bonds is 5. The standard InChI is InChI=1S/C14H21BrN2O3/c1-14(2,3)20-13(18)17-11-9-10(15)5-6-12(11)19-8-4-7-16/h5-6,9H,4,7-8,16H2,1-3H3,(H,17,18). The van der Waals surface area contributed by atoms with Gasteiger partial charge in [0.25, 0.3) is 0 Å². The summed E-state index contributed by atoms with van der Waals surface area (Å²) in [7, 11) is 0. The van der Waals surface area contributed by atoms with Crippen LogP contribution < -0.4 is 15.8 Å². The molecule has 5 nitrogen and oxygen atoms in total. The molecule has 0 radical (unpaired) electrons. The van der Waals surface area contributed by atoms with Crippen LogP contribution in [-0.2, 0) is 4.74 Å². The number of hydrogen-bond donors (Lipinski definition) is 2. The van der Waals surface area contributed by atoms with Crippen LogP contribution in [0.3, 0.4) is 0 Å². The van der Waals surface area contributed by atoms with Crippen molar-refractivity contribution in [3.05, 3.63) is 22.7 Å². The van der Waals surface area contributed by atoms with Crippen molar-refractivity contribution in [3.8, 4) is 5.75 Å². The predicted molar refractivity (Wildman–Crippen MR) is 83.2 cm³/mol. The molecule has 1 rings (SSSR count). The molecule has 0 aliphatic carbocycles. The fourth-order valence-electron chi connectivity index (χ4n) is 1.40. The van der Waals surface area contributed by atoms with Crippen molar-refractivity contribution >= 4 is 27.7 Å². The first-order valence-corrected chi connectivity index (χ1v) is 7.23. The highest BCUT2D eigenvalue weighted by Crippen LogP contribution is 2.28. The molecule has 1 aromatic rings. The topological polar surface area (TPSA) is 73.6 Å². The number of ether oxygens (including phenoxy) is 2. The van der Waals surface area contributed by atoms with E-state index in [1.807, 2.05) is 26.8 Å². The van der Waals surface area contributed by atoms with Crippen LogP contribution in [0.2, 0.25) is 0 Å². The van der Waals surface area contributed by atoms with Crippen LogP contribution in [0.5, 0.6) is 5.75 Å². The number of hydrogen-bond acceptors (Lipinski definition) is 4. The average Bonchev–Trinajstić information content (AvgIpc) is 2.29. The predicted octanol–water partition coefficient (Wildman–Crippen LogP) is 3.52. The van der Waals surface area contributed by atoms with E-state index in [0.29, 0.717) is 24.6 Å². The van der Waals surface area contributed by atoms with Gasteiger partial charge in [0.05, 0.1) is 12.3 Å². The van der Waals surface area contributed by atoms with Crippen LogP contribution >= 0.6 is 15.9 Å². The van der Waals surface area contributed by atoms with Crippen LogP contribution in [0.4, 0.5) is 10.5 Å². The fraction of sp³-hybridized carbons (Fsp3) is 0.500. The molecule has 112 valence electrons. The molecule has 6 heteroatoms. The lowest BCUT2D eigenvalue weighted by atomic mass is 10.2. The molecule has 0 bridgehead atoms. The number of benzene rings is 1. The third-order valence-corrected chi connectivity index (χ3v) is 2.68. The van der Waals surface area contributed by atoms with Crippen molar-refractivity contribution in [2.75, 3.05) is 18.5 Å².